The summed E-state index contributed by atoms with van der Waals surface area (Å²) in [5.41, 5.74) is 1.45. The molecule has 0 aliphatic heterocycles. The lowest BCUT2D eigenvalue weighted by atomic mass is 10.2. The monoisotopic (exact) mass is 374 g/mol. The predicted octanol–water partition coefficient (Wildman–Crippen LogP) is 3.83. The third-order valence-electron chi connectivity index (χ3n) is 3.77. The molecular formula is C17H15FN4O3S. The molecule has 0 atom stereocenters. The molecule has 0 bridgehead atoms. The second kappa shape index (κ2) is 7.52. The Hall–Kier alpha value is -2.94. The highest BCUT2D eigenvalue weighted by Gasteiger charge is 2.15. The van der Waals surface area contributed by atoms with Crippen molar-refractivity contribution in [2.24, 2.45) is 7.05 Å². The second-order valence-corrected chi connectivity index (χ2v) is 6.36. The van der Waals surface area contributed by atoms with Gasteiger partial charge in [0.25, 0.3) is 5.69 Å². The standard InChI is InChI=1S/C17H15FN4O3S/c1-21-16(11-3-5-13(18)6-4-11)19-20-17(21)26-10-12-9-14(22(23)24)7-8-15(12)25-2/h3-9H,10H2,1-2H3. The van der Waals surface area contributed by atoms with E-state index in [9.17, 15) is 14.5 Å². The number of halogens is 1. The van der Waals surface area contributed by atoms with Crippen LogP contribution in [-0.2, 0) is 12.8 Å². The van der Waals surface area contributed by atoms with E-state index in [1.807, 2.05) is 7.05 Å². The van der Waals surface area contributed by atoms with Gasteiger partial charge >= 0.3 is 0 Å². The number of aromatic nitrogens is 3. The molecular weight excluding hydrogens is 359 g/mol. The van der Waals surface area contributed by atoms with Crippen molar-refractivity contribution in [3.05, 3.63) is 64.0 Å². The number of thioether (sulfide) groups is 1. The molecule has 3 rings (SSSR count). The van der Waals surface area contributed by atoms with Gasteiger partial charge in [-0.3, -0.25) is 10.1 Å². The molecule has 26 heavy (non-hydrogen) atoms. The molecule has 0 saturated heterocycles. The summed E-state index contributed by atoms with van der Waals surface area (Å²) >= 11 is 1.38. The van der Waals surface area contributed by atoms with Gasteiger partial charge in [-0.05, 0) is 30.3 Å². The molecule has 9 heteroatoms. The smallest absolute Gasteiger partial charge is 0.270 e. The van der Waals surface area contributed by atoms with Crippen molar-refractivity contribution in [1.82, 2.24) is 14.8 Å². The van der Waals surface area contributed by atoms with E-state index in [0.717, 1.165) is 5.56 Å². The van der Waals surface area contributed by atoms with E-state index in [2.05, 4.69) is 10.2 Å². The predicted molar refractivity (Wildman–Crippen MR) is 95.6 cm³/mol. The number of ether oxygens (including phenoxy) is 1. The average Bonchev–Trinajstić information content (AvgIpc) is 3.01. The molecule has 0 amide bonds. The SMILES string of the molecule is COc1ccc([N+](=O)[O-])cc1CSc1nnc(-c2ccc(F)cc2)n1C. The van der Waals surface area contributed by atoms with E-state index in [1.165, 1.54) is 43.1 Å². The fourth-order valence-corrected chi connectivity index (χ4v) is 3.31. The van der Waals surface area contributed by atoms with E-state index < -0.39 is 4.92 Å². The first-order chi connectivity index (χ1) is 12.5. The summed E-state index contributed by atoms with van der Waals surface area (Å²) in [4.78, 5) is 10.5. The minimum absolute atomic E-state index is 0.00589. The van der Waals surface area contributed by atoms with Gasteiger partial charge in [0, 0.05) is 36.1 Å². The first kappa shape index (κ1) is 17.9. The first-order valence-corrected chi connectivity index (χ1v) is 8.57. The van der Waals surface area contributed by atoms with Crippen molar-refractivity contribution < 1.29 is 14.1 Å². The van der Waals surface area contributed by atoms with Crippen LogP contribution < -0.4 is 4.74 Å². The van der Waals surface area contributed by atoms with Crippen LogP contribution in [0.2, 0.25) is 0 Å². The van der Waals surface area contributed by atoms with Gasteiger partial charge in [0.05, 0.1) is 12.0 Å². The number of nitro benzene ring substituents is 1. The summed E-state index contributed by atoms with van der Waals surface area (Å²) < 4.78 is 20.1. The Morgan fingerprint density at radius 2 is 1.96 bits per heavy atom. The lowest BCUT2D eigenvalue weighted by Crippen LogP contribution is -1.97. The average molecular weight is 374 g/mol. The largest absolute Gasteiger partial charge is 0.496 e. The Balaban J connectivity index is 1.82. The quantitative estimate of drug-likeness (QED) is 0.370. The van der Waals surface area contributed by atoms with Crippen LogP contribution in [0.3, 0.4) is 0 Å². The van der Waals surface area contributed by atoms with Crippen molar-refractivity contribution in [1.29, 1.82) is 0 Å². The minimum atomic E-state index is -0.442. The zero-order chi connectivity index (χ0) is 18.7. The number of non-ortho nitro benzene ring substituents is 1. The topological polar surface area (TPSA) is 83.1 Å². The van der Waals surface area contributed by atoms with Gasteiger partial charge in [-0.15, -0.1) is 10.2 Å². The van der Waals surface area contributed by atoms with Gasteiger partial charge in [-0.2, -0.15) is 0 Å². The third kappa shape index (κ3) is 3.67. The molecule has 0 aliphatic carbocycles. The maximum atomic E-state index is 13.1. The lowest BCUT2D eigenvalue weighted by molar-refractivity contribution is -0.384. The Morgan fingerprint density at radius 3 is 2.62 bits per heavy atom. The molecule has 3 aromatic rings. The second-order valence-electron chi connectivity index (χ2n) is 5.41. The number of benzene rings is 2. The summed E-state index contributed by atoms with van der Waals surface area (Å²) in [5.74, 6) is 1.30. The maximum Gasteiger partial charge on any atom is 0.270 e. The van der Waals surface area contributed by atoms with Gasteiger partial charge in [-0.1, -0.05) is 11.8 Å². The Kier molecular flexibility index (Phi) is 5.17. The van der Waals surface area contributed by atoms with Crippen LogP contribution in [0, 0.1) is 15.9 Å². The molecule has 7 nitrogen and oxygen atoms in total. The molecule has 1 aromatic heterocycles. The van der Waals surface area contributed by atoms with Gasteiger partial charge < -0.3 is 9.30 Å². The van der Waals surface area contributed by atoms with E-state index in [4.69, 9.17) is 4.74 Å². The molecule has 0 saturated carbocycles. The number of nitrogens with zero attached hydrogens (tertiary/aromatic N) is 4. The van der Waals surface area contributed by atoms with Crippen LogP contribution in [0.4, 0.5) is 10.1 Å². The highest BCUT2D eigenvalue weighted by molar-refractivity contribution is 7.98. The molecule has 0 N–H and O–H groups in total. The van der Waals surface area contributed by atoms with Gasteiger partial charge in [-0.25, -0.2) is 4.39 Å². The normalized spacial score (nSPS) is 10.7. The van der Waals surface area contributed by atoms with Crippen LogP contribution >= 0.6 is 11.8 Å². The van der Waals surface area contributed by atoms with Crippen molar-refractivity contribution in [3.63, 3.8) is 0 Å². The molecule has 0 unspecified atom stereocenters. The summed E-state index contributed by atoms with van der Waals surface area (Å²) in [6.07, 6.45) is 0. The van der Waals surface area contributed by atoms with E-state index in [0.29, 0.717) is 28.0 Å². The molecule has 0 aliphatic rings. The van der Waals surface area contributed by atoms with Crippen molar-refractivity contribution in [2.45, 2.75) is 10.9 Å². The van der Waals surface area contributed by atoms with Crippen LogP contribution in [0.5, 0.6) is 5.75 Å². The molecule has 0 radical (unpaired) electrons. The molecule has 0 fully saturated rings. The Bertz CT molecular complexity index is 944. The Labute approximate surface area is 153 Å². The van der Waals surface area contributed by atoms with Crippen molar-refractivity contribution >= 4 is 17.4 Å². The van der Waals surface area contributed by atoms with Crippen LogP contribution in [-0.4, -0.2) is 26.8 Å². The summed E-state index contributed by atoms with van der Waals surface area (Å²) in [5, 5.41) is 19.9. The molecule has 134 valence electrons. The Morgan fingerprint density at radius 1 is 1.23 bits per heavy atom. The number of rotatable bonds is 6. The maximum absolute atomic E-state index is 13.1. The highest BCUT2D eigenvalue weighted by Crippen LogP contribution is 2.31. The molecule has 1 heterocycles. The molecule has 2 aromatic carbocycles. The number of methoxy groups -OCH3 is 1. The third-order valence-corrected chi connectivity index (χ3v) is 4.84. The van der Waals surface area contributed by atoms with Gasteiger partial charge in [0.1, 0.15) is 11.6 Å². The first-order valence-electron chi connectivity index (χ1n) is 7.59. The fraction of sp³-hybridized carbons (Fsp3) is 0.176. The summed E-state index contributed by atoms with van der Waals surface area (Å²) in [6, 6.07) is 10.5. The van der Waals surface area contributed by atoms with Gasteiger partial charge in [0.2, 0.25) is 0 Å². The minimum Gasteiger partial charge on any atom is -0.496 e. The van der Waals surface area contributed by atoms with Crippen LogP contribution in [0.15, 0.2) is 47.6 Å². The molecule has 0 spiro atoms. The number of hydrogen-bond acceptors (Lipinski definition) is 6. The lowest BCUT2D eigenvalue weighted by Gasteiger charge is -2.08. The van der Waals surface area contributed by atoms with Crippen LogP contribution in [0.25, 0.3) is 11.4 Å². The van der Waals surface area contributed by atoms with Crippen molar-refractivity contribution in [2.75, 3.05) is 7.11 Å². The summed E-state index contributed by atoms with van der Waals surface area (Å²) in [7, 11) is 3.33. The summed E-state index contributed by atoms with van der Waals surface area (Å²) in [6.45, 7) is 0. The van der Waals surface area contributed by atoms with Gasteiger partial charge in [0.15, 0.2) is 11.0 Å². The number of hydrogen-bond donors (Lipinski definition) is 0. The van der Waals surface area contributed by atoms with Crippen molar-refractivity contribution in [3.8, 4) is 17.1 Å². The zero-order valence-electron chi connectivity index (χ0n) is 14.0. The van der Waals surface area contributed by atoms with E-state index in [-0.39, 0.29) is 11.5 Å². The van der Waals surface area contributed by atoms with Crippen LogP contribution in [0.1, 0.15) is 5.56 Å². The van der Waals surface area contributed by atoms with E-state index >= 15 is 0 Å². The zero-order valence-corrected chi connectivity index (χ0v) is 14.9. The highest BCUT2D eigenvalue weighted by atomic mass is 32.2. The number of nitro groups is 1. The van der Waals surface area contributed by atoms with E-state index in [1.54, 1.807) is 22.8 Å². The fourth-order valence-electron chi connectivity index (χ4n) is 2.42.